The monoisotopic (exact) mass is 362 g/mol. The smallest absolute Gasteiger partial charge is 0.251 e. The van der Waals surface area contributed by atoms with E-state index in [1.54, 1.807) is 11.4 Å². The highest BCUT2D eigenvalue weighted by Crippen LogP contribution is 2.26. The van der Waals surface area contributed by atoms with Gasteiger partial charge in [0.1, 0.15) is 4.21 Å². The topological polar surface area (TPSA) is 58.2 Å². The van der Waals surface area contributed by atoms with Gasteiger partial charge in [0.2, 0.25) is 0 Å². The van der Waals surface area contributed by atoms with Crippen molar-refractivity contribution in [3.05, 3.63) is 15.9 Å². The Balaban J connectivity index is 0.00000256. The molecule has 1 aromatic heterocycles. The van der Waals surface area contributed by atoms with Gasteiger partial charge in [-0.2, -0.15) is 0 Å². The number of sulfonamides is 1. The van der Waals surface area contributed by atoms with Crippen molar-refractivity contribution in [2.45, 2.75) is 17.6 Å². The van der Waals surface area contributed by atoms with Crippen LogP contribution in [-0.4, -0.2) is 28.1 Å². The third-order valence-corrected chi connectivity index (χ3v) is 5.98. The molecule has 8 heteroatoms. The minimum Gasteiger partial charge on any atom is -0.315 e. The molecular weight excluding hydrogens is 348 g/mol. The van der Waals surface area contributed by atoms with Gasteiger partial charge in [-0.25, -0.2) is 13.1 Å². The second-order valence-electron chi connectivity index (χ2n) is 3.20. The van der Waals surface area contributed by atoms with E-state index in [1.165, 1.54) is 11.3 Å². The lowest BCUT2D eigenvalue weighted by molar-refractivity contribution is 0.577. The Kier molecular flexibility index (Phi) is 8.61. The van der Waals surface area contributed by atoms with E-state index in [1.807, 2.05) is 0 Å². The SMILES string of the molecule is CCCNCCNS(=O)(=O)c1sccc1Br.Cl. The second-order valence-corrected chi connectivity index (χ2v) is 6.94. The normalized spacial score (nSPS) is 11.2. The molecule has 4 nitrogen and oxygen atoms in total. The van der Waals surface area contributed by atoms with Crippen LogP contribution in [0.1, 0.15) is 13.3 Å². The third kappa shape index (κ3) is 5.67. The number of nitrogens with one attached hydrogen (secondary N) is 2. The van der Waals surface area contributed by atoms with Crippen molar-refractivity contribution in [3.8, 4) is 0 Å². The van der Waals surface area contributed by atoms with Gasteiger partial charge < -0.3 is 5.32 Å². The first-order chi connectivity index (χ1) is 7.58. The lowest BCUT2D eigenvalue weighted by Crippen LogP contribution is -2.31. The summed E-state index contributed by atoms with van der Waals surface area (Å²) >= 11 is 4.42. The predicted octanol–water partition coefficient (Wildman–Crippen LogP) is 2.21. The molecule has 100 valence electrons. The summed E-state index contributed by atoms with van der Waals surface area (Å²) in [6.07, 6.45) is 1.04. The fourth-order valence-electron chi connectivity index (χ4n) is 1.11. The molecule has 0 aliphatic heterocycles. The maximum atomic E-state index is 11.8. The van der Waals surface area contributed by atoms with E-state index in [9.17, 15) is 8.42 Å². The van der Waals surface area contributed by atoms with Crippen molar-refractivity contribution >= 4 is 49.7 Å². The van der Waals surface area contributed by atoms with Gasteiger partial charge in [0.15, 0.2) is 0 Å². The lowest BCUT2D eigenvalue weighted by Gasteiger charge is -2.06. The van der Waals surface area contributed by atoms with Gasteiger partial charge in [0, 0.05) is 17.6 Å². The molecule has 2 N–H and O–H groups in total. The zero-order valence-corrected chi connectivity index (χ0v) is 13.4. The highest BCUT2D eigenvalue weighted by atomic mass is 79.9. The molecule has 1 aromatic rings. The maximum Gasteiger partial charge on any atom is 0.251 e. The van der Waals surface area contributed by atoms with Crippen LogP contribution < -0.4 is 10.0 Å². The number of halogens is 2. The van der Waals surface area contributed by atoms with E-state index in [4.69, 9.17) is 0 Å². The van der Waals surface area contributed by atoms with E-state index in [0.29, 0.717) is 21.8 Å². The molecule has 1 rings (SSSR count). The van der Waals surface area contributed by atoms with Gasteiger partial charge >= 0.3 is 0 Å². The molecule has 17 heavy (non-hydrogen) atoms. The third-order valence-electron chi connectivity index (χ3n) is 1.85. The Morgan fingerprint density at radius 3 is 2.59 bits per heavy atom. The fourth-order valence-corrected chi connectivity index (χ4v) is 4.52. The number of hydrogen-bond donors (Lipinski definition) is 2. The molecule has 0 unspecified atom stereocenters. The Morgan fingerprint density at radius 1 is 1.35 bits per heavy atom. The maximum absolute atomic E-state index is 11.8. The molecule has 0 atom stereocenters. The van der Waals surface area contributed by atoms with E-state index in [-0.39, 0.29) is 12.4 Å². The number of rotatable bonds is 7. The second kappa shape index (κ2) is 8.44. The van der Waals surface area contributed by atoms with Crippen LogP contribution in [-0.2, 0) is 10.0 Å². The Labute approximate surface area is 121 Å². The molecule has 0 radical (unpaired) electrons. The molecule has 0 spiro atoms. The highest BCUT2D eigenvalue weighted by molar-refractivity contribution is 9.10. The Morgan fingerprint density at radius 2 is 2.06 bits per heavy atom. The minimum atomic E-state index is -3.35. The zero-order chi connectivity index (χ0) is 12.0. The van der Waals surface area contributed by atoms with E-state index < -0.39 is 10.0 Å². The molecule has 0 saturated carbocycles. The average molecular weight is 364 g/mol. The van der Waals surface area contributed by atoms with Gasteiger partial charge in [-0.1, -0.05) is 6.92 Å². The van der Waals surface area contributed by atoms with Gasteiger partial charge in [0.25, 0.3) is 10.0 Å². The summed E-state index contributed by atoms with van der Waals surface area (Å²) < 4.78 is 27.1. The largest absolute Gasteiger partial charge is 0.315 e. The molecule has 0 bridgehead atoms. The number of hydrogen-bond acceptors (Lipinski definition) is 4. The Bertz CT molecular complexity index is 422. The van der Waals surface area contributed by atoms with Crippen molar-refractivity contribution in [1.29, 1.82) is 0 Å². The van der Waals surface area contributed by atoms with Gasteiger partial charge in [0.05, 0.1) is 0 Å². The summed E-state index contributed by atoms with van der Waals surface area (Å²) in [6, 6.07) is 1.73. The molecule has 0 amide bonds. The van der Waals surface area contributed by atoms with Gasteiger partial charge in [-0.3, -0.25) is 0 Å². The summed E-state index contributed by atoms with van der Waals surface area (Å²) in [6.45, 7) is 4.03. The molecule has 0 aliphatic carbocycles. The van der Waals surface area contributed by atoms with Gasteiger partial charge in [-0.15, -0.1) is 23.7 Å². The zero-order valence-electron chi connectivity index (χ0n) is 9.40. The summed E-state index contributed by atoms with van der Waals surface area (Å²) in [7, 11) is -3.35. The van der Waals surface area contributed by atoms with Crippen LogP contribution in [0.2, 0.25) is 0 Å². The molecule has 0 saturated heterocycles. The lowest BCUT2D eigenvalue weighted by atomic mass is 10.5. The highest BCUT2D eigenvalue weighted by Gasteiger charge is 2.17. The van der Waals surface area contributed by atoms with Crippen LogP contribution in [0.5, 0.6) is 0 Å². The fraction of sp³-hybridized carbons (Fsp3) is 0.556. The Hall–Kier alpha value is 0.340. The molecule has 0 aliphatic rings. The van der Waals surface area contributed by atoms with Crippen molar-refractivity contribution in [1.82, 2.24) is 10.0 Å². The molecular formula is C9H16BrClN2O2S2. The minimum absolute atomic E-state index is 0. The summed E-state index contributed by atoms with van der Waals surface area (Å²) in [4.78, 5) is 0. The standard InChI is InChI=1S/C9H15BrN2O2S2.ClH/c1-2-4-11-5-6-12-16(13,14)9-8(10)3-7-15-9;/h3,7,11-12H,2,4-6H2,1H3;1H. The quantitative estimate of drug-likeness (QED) is 0.730. The van der Waals surface area contributed by atoms with Crippen molar-refractivity contribution in [2.24, 2.45) is 0 Å². The van der Waals surface area contributed by atoms with Crippen molar-refractivity contribution in [3.63, 3.8) is 0 Å². The van der Waals surface area contributed by atoms with Crippen LogP contribution >= 0.6 is 39.7 Å². The number of thiophene rings is 1. The van der Waals surface area contributed by atoms with E-state index >= 15 is 0 Å². The van der Waals surface area contributed by atoms with E-state index in [0.717, 1.165) is 13.0 Å². The summed E-state index contributed by atoms with van der Waals surface area (Å²) in [5.41, 5.74) is 0. The average Bonchev–Trinajstić information content (AvgIpc) is 2.65. The predicted molar refractivity (Wildman–Crippen MR) is 77.6 cm³/mol. The van der Waals surface area contributed by atoms with Crippen LogP contribution in [0.25, 0.3) is 0 Å². The summed E-state index contributed by atoms with van der Waals surface area (Å²) in [5, 5.41) is 4.88. The molecule has 1 heterocycles. The van der Waals surface area contributed by atoms with Crippen LogP contribution in [0.15, 0.2) is 20.1 Å². The molecule has 0 aromatic carbocycles. The van der Waals surface area contributed by atoms with Crippen LogP contribution in [0.3, 0.4) is 0 Å². The molecule has 0 fully saturated rings. The van der Waals surface area contributed by atoms with Crippen LogP contribution in [0, 0.1) is 0 Å². The van der Waals surface area contributed by atoms with E-state index in [2.05, 4.69) is 32.9 Å². The van der Waals surface area contributed by atoms with Gasteiger partial charge in [-0.05, 0) is 40.3 Å². The van der Waals surface area contributed by atoms with Crippen molar-refractivity contribution < 1.29 is 8.42 Å². The summed E-state index contributed by atoms with van der Waals surface area (Å²) in [5.74, 6) is 0. The van der Waals surface area contributed by atoms with Crippen LogP contribution in [0.4, 0.5) is 0 Å². The first-order valence-electron chi connectivity index (χ1n) is 5.01. The first kappa shape index (κ1) is 17.3. The first-order valence-corrected chi connectivity index (χ1v) is 8.17. The van der Waals surface area contributed by atoms with Crippen molar-refractivity contribution in [2.75, 3.05) is 19.6 Å².